The quantitative estimate of drug-likeness (QED) is 0.0403. The van der Waals surface area contributed by atoms with Gasteiger partial charge in [-0.15, -0.1) is 103 Å². The molecule has 7 N–H and O–H groups in total. The van der Waals surface area contributed by atoms with Crippen LogP contribution in [0.4, 0.5) is 31.9 Å². The number of ether oxygens (including phenoxy) is 3. The Morgan fingerprint density at radius 3 is 0.907 bits per heavy atom. The van der Waals surface area contributed by atoms with Crippen LogP contribution in [0.25, 0.3) is 37.6 Å². The summed E-state index contributed by atoms with van der Waals surface area (Å²) in [5, 5.41) is 30.6. The fraction of sp³-hybridized carbons (Fsp3) is 0.613. The molecule has 844 valence electrons. The van der Waals surface area contributed by atoms with Gasteiger partial charge in [-0.25, -0.2) is 36.7 Å². The Bertz CT molecular complexity index is 6990. The lowest BCUT2D eigenvalue weighted by atomic mass is 10.1. The number of hydrogen-bond donors (Lipinski definition) is 6. The van der Waals surface area contributed by atoms with Gasteiger partial charge in [-0.3, -0.25) is 19.5 Å². The minimum absolute atomic E-state index is 0. The normalized spacial score (nSPS) is 22.3. The first-order valence-electron chi connectivity index (χ1n) is 43.8. The van der Waals surface area contributed by atoms with Crippen LogP contribution in [0.2, 0.25) is 0 Å². The number of halogens is 5. The number of carboxylic acid groups (broad SMARTS) is 1. The van der Waals surface area contributed by atoms with E-state index in [2.05, 4.69) is 181 Å². The first-order chi connectivity index (χ1) is 70.8. The van der Waals surface area contributed by atoms with Crippen LogP contribution in [0, 0.1) is 0 Å². The Hall–Kier alpha value is 3.46. The molecule has 4 aliphatic carbocycles. The molecule has 4 saturated carbocycles. The standard InChI is InChI=1S/C21H27FN2O3S2.C21H27FN2O2S3.C16H19FN2S3.C11H13NS2.C10H16FNO4.CH4.ClH.S11.S10.S9.S8/c1-21(2,3)27-20(26)24-11-13(22)9-15(24)19(25)23-14-5-4-12(8-14)17-10-18-16(29-17)6-7-28-18;1-21(2,3)26-20(25)24-11-13(22)9-15(24)19(27)23-14-5-4-12(8-14)17-10-18-16(29-17)6-7-28-18;17-10-6-12(18-8-10)16(20)19-11-2-1-9(5-11)14-7-15-13(22-14)3-4-21-15;12-8-2-1-7(5-8)10-6-11-9(14-10)3-4-13-11;1-10(2,3)16-9(15)12-5-6(11)4-7(12)8(13)14;;;1-3-5-7-9-11-10-8-6-4-2;1-3-5-7-9-10-8-6-4-2;1-3-5-7-9-8-6-4-2;1-3-5-7-8-6-4-2/h6-7,10,12-15H,4-5,8-9,11H2,1-3H3,(H,23,25);6-7,10,12-15H,4-5,8-9,11H2,1-3H3,(H,23,27);3-4,7,9-12,18H,1-2,5-6,8H2,(H,19,20);3-4,6-8H,1-2,5,12H2;6-7H,4-5H2,1-3H3,(H,13,14);1H4;1H;;;;/t2*12?,13-,14?,15+;9?,10-,11?,12+;;6-,7+;;;;;;/m111.1....../s1. The Labute approximate surface area is 1050 Å². The number of nitrogens with two attached hydrogens (primary N) is 1. The number of fused-ring (bicyclic) bond motifs is 4. The van der Waals surface area contributed by atoms with Gasteiger partial charge in [0.2, 0.25) is 5.91 Å². The van der Waals surface area contributed by atoms with Gasteiger partial charge < -0.3 is 46.3 Å². The van der Waals surface area contributed by atoms with Crippen LogP contribution < -0.4 is 27.0 Å². The summed E-state index contributed by atoms with van der Waals surface area (Å²) in [6.07, 6.45) is 7.60. The Kier molecular flexibility index (Phi) is 73.4. The van der Waals surface area contributed by atoms with Crippen molar-refractivity contribution in [1.29, 1.82) is 0 Å². The average molecular weight is 2980 g/mol. The lowest BCUT2D eigenvalue weighted by molar-refractivity contribution is -0.142. The number of thiocarbonyl (C=S) groups is 2. The molecule has 16 atom stereocenters. The number of thiophene rings is 8. The van der Waals surface area contributed by atoms with Gasteiger partial charge in [0.15, 0.2) is 0 Å². The summed E-state index contributed by atoms with van der Waals surface area (Å²) >= 11 is 63.1. The van der Waals surface area contributed by atoms with E-state index in [-0.39, 0.29) is 82.8 Å². The van der Waals surface area contributed by atoms with Crippen LogP contribution >= 0.6 is 128 Å². The fourth-order valence-corrected chi connectivity index (χ4v) is 86.2. The largest absolute Gasteiger partial charge is 0.480 e. The second-order valence-electron chi connectivity index (χ2n) is 35.2. The number of carboxylic acids is 1. The lowest BCUT2D eigenvalue weighted by Gasteiger charge is -2.29. The highest BCUT2D eigenvalue weighted by Gasteiger charge is 2.46. The van der Waals surface area contributed by atoms with Gasteiger partial charge in [0.25, 0.3) is 0 Å². The minimum Gasteiger partial charge on any atom is -0.480 e. The van der Waals surface area contributed by atoms with Crippen molar-refractivity contribution >= 4 is 561 Å². The van der Waals surface area contributed by atoms with E-state index in [1.165, 1.54) is 159 Å². The lowest BCUT2D eigenvalue weighted by Crippen LogP contribution is -2.49. The zero-order valence-corrected chi connectivity index (χ0v) is 119. The molecule has 8 aromatic heterocycles. The zero-order chi connectivity index (χ0) is 108. The molecule has 16 rings (SSSR count). The van der Waals surface area contributed by atoms with Gasteiger partial charge in [0, 0.05) is 469 Å². The monoisotopic (exact) mass is 2970 g/mol. The van der Waals surface area contributed by atoms with E-state index >= 15 is 0 Å². The molecule has 8 unspecified atom stereocenters. The molecular weight excluding hydrogens is 2870 g/mol. The van der Waals surface area contributed by atoms with Crippen molar-refractivity contribution in [3.05, 3.63) is 89.6 Å². The molecule has 8 aliphatic rings. The molecule has 0 spiro atoms. The fourth-order valence-electron chi connectivity index (χ4n) is 16.0. The molecular formula is C80H107ClF4N8O9S48. The number of carbonyl (C=O) groups is 5. The van der Waals surface area contributed by atoms with E-state index in [1.807, 2.05) is 88.8 Å². The number of nitrogens with zero attached hydrogens (tertiary/aromatic N) is 3. The van der Waals surface area contributed by atoms with Crippen LogP contribution in [-0.4, -0.2) is 176 Å². The Morgan fingerprint density at radius 1 is 0.367 bits per heavy atom. The van der Waals surface area contributed by atoms with Gasteiger partial charge in [0.05, 0.1) is 41.7 Å². The second kappa shape index (κ2) is 77.5. The SMILES string of the molecule is C.CC(C)(C)OC(=O)N1C[C@H](F)C[C@H]1C(=O)NC1CCC(c2cc3sccc3s2)C1.CC(C)(C)OC(=O)N1C[C@H](F)C[C@H]1C(=O)O.CC(C)(C)OC(=O)N1C[C@H](F)C[C@H]1C(=S)NC1CCC(c2cc3sccc3s2)C1.Cl.F[C@H]1CN[C@H](C(=S)NC2CCC(c3cc4sccc4s3)C2)C1.NC1CCC(c2cc3sccc3s2)C1.S=S=S=S=S=S=S=S.S=S=S=S=S=S=S=S=S.S=S=S=S=S=S=S=S=S=S.S=S=S=S=S=S=S=S=S=S=S. The first kappa shape index (κ1) is 142. The van der Waals surface area contributed by atoms with Crippen molar-refractivity contribution in [2.45, 2.75) is 286 Å². The maximum Gasteiger partial charge on any atom is 0.411 e. The third-order valence-corrected chi connectivity index (χ3v) is 89.3. The molecule has 4 saturated heterocycles. The van der Waals surface area contributed by atoms with Crippen LogP contribution in [0.15, 0.2) is 70.1 Å². The van der Waals surface area contributed by atoms with Gasteiger partial charge in [-0.05, 0) is 233 Å². The molecule has 4 aliphatic heterocycles. The predicted octanol–water partition coefficient (Wildman–Crippen LogP) is 21.1. The topological polar surface area (TPSA) is 217 Å². The number of amides is 4. The third-order valence-electron chi connectivity index (χ3n) is 21.7. The first-order valence-corrected chi connectivity index (χ1v) is 96.8. The number of hydrogen-bond acceptors (Lipinski definition) is 28. The number of likely N-dealkylation sites (tertiary alicyclic amines) is 3. The third kappa shape index (κ3) is 53.4. The average Bonchev–Trinajstić information content (AvgIpc) is 1.66. The van der Waals surface area contributed by atoms with Crippen LogP contribution in [0.3, 0.4) is 0 Å². The molecule has 8 aromatic rings. The molecule has 0 radical (unpaired) electrons. The van der Waals surface area contributed by atoms with Crippen molar-refractivity contribution in [2.24, 2.45) is 5.73 Å². The van der Waals surface area contributed by atoms with Crippen molar-refractivity contribution in [1.82, 2.24) is 36.0 Å². The van der Waals surface area contributed by atoms with E-state index in [9.17, 15) is 41.5 Å². The summed E-state index contributed by atoms with van der Waals surface area (Å²) in [5.74, 6) is 0.911. The summed E-state index contributed by atoms with van der Waals surface area (Å²) in [4.78, 5) is 71.1. The van der Waals surface area contributed by atoms with Gasteiger partial charge in [0.1, 0.15) is 53.6 Å². The summed E-state index contributed by atoms with van der Waals surface area (Å²) < 4.78 is 81.4. The number of alkyl halides is 4. The van der Waals surface area contributed by atoms with Crippen LogP contribution in [0.1, 0.15) is 216 Å². The molecule has 8 fully saturated rings. The van der Waals surface area contributed by atoms with E-state index in [0.29, 0.717) is 47.8 Å². The highest BCUT2D eigenvalue weighted by atomic mass is 35.5. The minimum atomic E-state index is -1.30. The van der Waals surface area contributed by atoms with E-state index in [0.717, 1.165) is 67.2 Å². The Balaban J connectivity index is 0.000000267. The highest BCUT2D eigenvalue weighted by Crippen LogP contribution is 2.46. The van der Waals surface area contributed by atoms with E-state index < -0.39 is 83.9 Å². The number of carbonyl (C=O) groups excluding carboxylic acids is 4. The van der Waals surface area contributed by atoms with Crippen LogP contribution in [-0.2, 0) is 380 Å². The molecule has 12 heterocycles. The van der Waals surface area contributed by atoms with Crippen molar-refractivity contribution < 1.29 is 60.9 Å². The molecule has 70 heteroatoms. The number of nitrogens with one attached hydrogen (secondary N) is 4. The second-order valence-corrected chi connectivity index (χ2v) is 97.4. The summed E-state index contributed by atoms with van der Waals surface area (Å²) in [5.41, 5.74) is 3.93. The number of rotatable bonds is 11. The predicted molar refractivity (Wildman–Crippen MR) is 746 cm³/mol. The van der Waals surface area contributed by atoms with E-state index in [4.69, 9.17) is 49.5 Å². The highest BCUT2D eigenvalue weighted by molar-refractivity contribution is 8.75. The van der Waals surface area contributed by atoms with Crippen molar-refractivity contribution in [3.8, 4) is 0 Å². The summed E-state index contributed by atoms with van der Waals surface area (Å²) in [7, 11) is 47.2. The smallest absolute Gasteiger partial charge is 0.411 e. The zero-order valence-electron chi connectivity index (χ0n) is 79.5. The van der Waals surface area contributed by atoms with E-state index in [1.54, 1.807) is 264 Å². The van der Waals surface area contributed by atoms with Crippen molar-refractivity contribution in [2.75, 3.05) is 26.2 Å². The molecule has 0 aromatic carbocycles. The van der Waals surface area contributed by atoms with Gasteiger partial charge in [-0.2, -0.15) is 0 Å². The maximum absolute atomic E-state index is 14.1. The van der Waals surface area contributed by atoms with Gasteiger partial charge >= 0.3 is 24.2 Å². The summed E-state index contributed by atoms with van der Waals surface area (Å²) in [6, 6.07) is 17.0. The number of aliphatic carboxylic acids is 1. The molecule has 17 nitrogen and oxygen atoms in total. The van der Waals surface area contributed by atoms with Gasteiger partial charge in [-0.1, -0.05) is 31.9 Å². The molecule has 150 heavy (non-hydrogen) atoms. The Morgan fingerprint density at radius 2 is 0.633 bits per heavy atom. The van der Waals surface area contributed by atoms with Crippen molar-refractivity contribution in [3.63, 3.8) is 0 Å². The maximum atomic E-state index is 14.1. The molecule has 4 amide bonds. The molecule has 0 bridgehead atoms. The summed E-state index contributed by atoms with van der Waals surface area (Å²) in [6.45, 7) is 15.9. The van der Waals surface area contributed by atoms with Crippen LogP contribution in [0.5, 0.6) is 0 Å².